The molecule has 0 atom stereocenters. The molecule has 0 aliphatic rings. The number of halogens is 3. The molecule has 29 heavy (non-hydrogen) atoms. The summed E-state index contributed by atoms with van der Waals surface area (Å²) in [7, 11) is 0. The summed E-state index contributed by atoms with van der Waals surface area (Å²) >= 11 is 0. The van der Waals surface area contributed by atoms with Crippen LogP contribution in [-0.2, 0) is 19.3 Å². The van der Waals surface area contributed by atoms with Crippen molar-refractivity contribution in [3.8, 4) is 11.1 Å². The van der Waals surface area contributed by atoms with Gasteiger partial charge in [0, 0.05) is 5.56 Å². The van der Waals surface area contributed by atoms with Gasteiger partial charge in [-0.25, -0.2) is 13.2 Å². The summed E-state index contributed by atoms with van der Waals surface area (Å²) in [6.07, 6.45) is 2.44. The first-order valence-electron chi connectivity index (χ1n) is 9.80. The fourth-order valence-corrected chi connectivity index (χ4v) is 3.78. The SMILES string of the molecule is CCc1ccc(CCc2ccc3ccccc3c2-c2ccc(F)c(F)c2F)cc1. The molecular weight excluding hydrogens is 369 g/mol. The van der Waals surface area contributed by atoms with Crippen LogP contribution < -0.4 is 0 Å². The fourth-order valence-electron chi connectivity index (χ4n) is 3.78. The Kier molecular flexibility index (Phi) is 5.39. The monoisotopic (exact) mass is 390 g/mol. The van der Waals surface area contributed by atoms with E-state index in [1.807, 2.05) is 36.4 Å². The quantitative estimate of drug-likeness (QED) is 0.314. The normalized spacial score (nSPS) is 11.2. The van der Waals surface area contributed by atoms with Gasteiger partial charge in [-0.05, 0) is 64.4 Å². The maximum Gasteiger partial charge on any atom is 0.195 e. The summed E-state index contributed by atoms with van der Waals surface area (Å²) < 4.78 is 42.2. The van der Waals surface area contributed by atoms with Crippen molar-refractivity contribution in [1.29, 1.82) is 0 Å². The lowest BCUT2D eigenvalue weighted by molar-refractivity contribution is 0.449. The van der Waals surface area contributed by atoms with Crippen molar-refractivity contribution in [2.45, 2.75) is 26.2 Å². The molecule has 0 bridgehead atoms. The number of rotatable bonds is 5. The summed E-state index contributed by atoms with van der Waals surface area (Å²) in [5, 5.41) is 1.76. The molecule has 0 unspecified atom stereocenters. The zero-order valence-corrected chi connectivity index (χ0v) is 16.2. The van der Waals surface area contributed by atoms with E-state index in [0.29, 0.717) is 12.0 Å². The van der Waals surface area contributed by atoms with Crippen LogP contribution in [0.4, 0.5) is 13.2 Å². The molecule has 4 aromatic carbocycles. The molecule has 0 saturated carbocycles. The van der Waals surface area contributed by atoms with E-state index in [9.17, 15) is 13.2 Å². The Bertz CT molecular complexity index is 1160. The van der Waals surface area contributed by atoms with Crippen LogP contribution in [0.2, 0.25) is 0 Å². The largest absolute Gasteiger partial charge is 0.204 e. The summed E-state index contributed by atoms with van der Waals surface area (Å²) in [6, 6.07) is 22.3. The maximum atomic E-state index is 14.7. The average molecular weight is 390 g/mol. The zero-order valence-electron chi connectivity index (χ0n) is 16.2. The van der Waals surface area contributed by atoms with E-state index in [2.05, 4.69) is 31.2 Å². The molecule has 0 aromatic heterocycles. The maximum absolute atomic E-state index is 14.7. The Labute approximate surface area is 168 Å². The molecule has 0 radical (unpaired) electrons. The number of fused-ring (bicyclic) bond motifs is 1. The second-order valence-corrected chi connectivity index (χ2v) is 7.21. The van der Waals surface area contributed by atoms with Gasteiger partial charge in [-0.2, -0.15) is 0 Å². The Balaban J connectivity index is 1.80. The third-order valence-corrected chi connectivity index (χ3v) is 5.43. The molecule has 0 N–H and O–H groups in total. The summed E-state index contributed by atoms with van der Waals surface area (Å²) in [5.41, 5.74) is 4.10. The van der Waals surface area contributed by atoms with Gasteiger partial charge in [0.1, 0.15) is 0 Å². The molecule has 0 amide bonds. The minimum Gasteiger partial charge on any atom is -0.204 e. The fraction of sp³-hybridized carbons (Fsp3) is 0.154. The van der Waals surface area contributed by atoms with Crippen LogP contribution in [0.15, 0.2) is 72.8 Å². The second-order valence-electron chi connectivity index (χ2n) is 7.21. The highest BCUT2D eigenvalue weighted by Gasteiger charge is 2.19. The topological polar surface area (TPSA) is 0 Å². The number of benzene rings is 4. The first-order valence-corrected chi connectivity index (χ1v) is 9.80. The minimum absolute atomic E-state index is 0.0945. The van der Waals surface area contributed by atoms with Crippen molar-refractivity contribution in [2.75, 3.05) is 0 Å². The Morgan fingerprint density at radius 2 is 1.38 bits per heavy atom. The molecule has 0 saturated heterocycles. The Hall–Kier alpha value is -3.07. The third kappa shape index (κ3) is 3.77. The number of hydrogen-bond donors (Lipinski definition) is 0. The molecule has 0 aliphatic carbocycles. The number of hydrogen-bond acceptors (Lipinski definition) is 0. The lowest BCUT2D eigenvalue weighted by atomic mass is 9.90. The van der Waals surface area contributed by atoms with Crippen LogP contribution in [0.25, 0.3) is 21.9 Å². The van der Waals surface area contributed by atoms with Crippen LogP contribution in [0, 0.1) is 17.5 Å². The molecule has 0 heterocycles. The Morgan fingerprint density at radius 3 is 2.14 bits per heavy atom. The molecule has 4 aromatic rings. The van der Waals surface area contributed by atoms with Crippen molar-refractivity contribution in [3.05, 3.63) is 107 Å². The van der Waals surface area contributed by atoms with E-state index < -0.39 is 17.5 Å². The van der Waals surface area contributed by atoms with Gasteiger partial charge in [0.25, 0.3) is 0 Å². The highest BCUT2D eigenvalue weighted by molar-refractivity contribution is 5.98. The van der Waals surface area contributed by atoms with Crippen LogP contribution >= 0.6 is 0 Å². The smallest absolute Gasteiger partial charge is 0.195 e. The summed E-state index contributed by atoms with van der Waals surface area (Å²) in [6.45, 7) is 2.12. The highest BCUT2D eigenvalue weighted by Crippen LogP contribution is 2.35. The zero-order chi connectivity index (χ0) is 20.4. The van der Waals surface area contributed by atoms with Crippen molar-refractivity contribution < 1.29 is 13.2 Å². The van der Waals surface area contributed by atoms with Crippen LogP contribution in [0.1, 0.15) is 23.6 Å². The van der Waals surface area contributed by atoms with Gasteiger partial charge in [-0.3, -0.25) is 0 Å². The van der Waals surface area contributed by atoms with Gasteiger partial charge < -0.3 is 0 Å². The van der Waals surface area contributed by atoms with Crippen molar-refractivity contribution >= 4 is 10.8 Å². The molecule has 4 rings (SSSR count). The van der Waals surface area contributed by atoms with Crippen LogP contribution in [-0.4, -0.2) is 0 Å². The Morgan fingerprint density at radius 1 is 0.655 bits per heavy atom. The summed E-state index contributed by atoms with van der Waals surface area (Å²) in [5.74, 6) is -3.75. The van der Waals surface area contributed by atoms with Gasteiger partial charge in [-0.1, -0.05) is 67.6 Å². The lowest BCUT2D eigenvalue weighted by Gasteiger charge is -2.15. The average Bonchev–Trinajstić information content (AvgIpc) is 2.76. The van der Waals surface area contributed by atoms with Gasteiger partial charge in [0.2, 0.25) is 0 Å². The van der Waals surface area contributed by atoms with Crippen molar-refractivity contribution in [3.63, 3.8) is 0 Å². The molecule has 3 heteroatoms. The molecule has 146 valence electrons. The third-order valence-electron chi connectivity index (χ3n) is 5.43. The predicted molar refractivity (Wildman–Crippen MR) is 112 cm³/mol. The van der Waals surface area contributed by atoms with E-state index in [0.717, 1.165) is 35.2 Å². The van der Waals surface area contributed by atoms with E-state index in [4.69, 9.17) is 0 Å². The first kappa shape index (κ1) is 19.3. The first-order chi connectivity index (χ1) is 14.1. The standard InChI is InChI=1S/C26H21F3/c1-2-17-7-9-18(10-8-17)11-12-20-14-13-19-5-3-4-6-21(19)24(20)22-15-16-23(27)26(29)25(22)28/h3-10,13-16H,2,11-12H2,1H3. The van der Waals surface area contributed by atoms with Gasteiger partial charge >= 0.3 is 0 Å². The number of aryl methyl sites for hydroxylation is 3. The molecule has 0 nitrogen and oxygen atoms in total. The van der Waals surface area contributed by atoms with Gasteiger partial charge in [0.15, 0.2) is 17.5 Å². The van der Waals surface area contributed by atoms with Crippen molar-refractivity contribution in [2.24, 2.45) is 0 Å². The van der Waals surface area contributed by atoms with E-state index in [1.54, 1.807) is 0 Å². The van der Waals surface area contributed by atoms with Crippen LogP contribution in [0.3, 0.4) is 0 Å². The van der Waals surface area contributed by atoms with E-state index in [-0.39, 0.29) is 5.56 Å². The highest BCUT2D eigenvalue weighted by atomic mass is 19.2. The van der Waals surface area contributed by atoms with Crippen molar-refractivity contribution in [1.82, 2.24) is 0 Å². The van der Waals surface area contributed by atoms with Crippen LogP contribution in [0.5, 0.6) is 0 Å². The minimum atomic E-state index is -1.43. The molecule has 0 aliphatic heterocycles. The van der Waals surface area contributed by atoms with Gasteiger partial charge in [0.05, 0.1) is 0 Å². The summed E-state index contributed by atoms with van der Waals surface area (Å²) in [4.78, 5) is 0. The second kappa shape index (κ2) is 8.12. The van der Waals surface area contributed by atoms with E-state index >= 15 is 0 Å². The predicted octanol–water partition coefficient (Wildman–Crippen LogP) is 7.27. The molecular formula is C26H21F3. The lowest BCUT2D eigenvalue weighted by Crippen LogP contribution is -2.00. The van der Waals surface area contributed by atoms with E-state index in [1.165, 1.54) is 17.2 Å². The van der Waals surface area contributed by atoms with Gasteiger partial charge in [-0.15, -0.1) is 0 Å². The molecule has 0 fully saturated rings. The molecule has 0 spiro atoms.